The van der Waals surface area contributed by atoms with Gasteiger partial charge in [-0.1, -0.05) is 25.5 Å². The molecule has 1 N–H and O–H groups in total. The zero-order chi connectivity index (χ0) is 20.0. The van der Waals surface area contributed by atoms with E-state index >= 15 is 0 Å². The molecule has 0 bridgehead atoms. The minimum absolute atomic E-state index is 0.0250. The summed E-state index contributed by atoms with van der Waals surface area (Å²) in [6.07, 6.45) is 6.78. The smallest absolute Gasteiger partial charge is 0.323 e. The first-order valence-electron chi connectivity index (χ1n) is 10.8. The highest BCUT2D eigenvalue weighted by Crippen LogP contribution is 2.39. The van der Waals surface area contributed by atoms with Gasteiger partial charge in [0.2, 0.25) is 0 Å². The summed E-state index contributed by atoms with van der Waals surface area (Å²) in [5, 5.41) is 4.15. The molecule has 2 saturated heterocycles. The second-order valence-corrected chi connectivity index (χ2v) is 9.98. The quantitative estimate of drug-likeness (QED) is 0.764. The van der Waals surface area contributed by atoms with E-state index in [-0.39, 0.29) is 18.0 Å². The van der Waals surface area contributed by atoms with Crippen LogP contribution in [0.2, 0.25) is 0 Å². The molecule has 29 heavy (non-hydrogen) atoms. The molecule has 1 spiro atoms. The molecule has 1 atom stereocenters. The molecule has 1 saturated carbocycles. The number of hydrogen-bond acceptors (Lipinski definition) is 5. The minimum Gasteiger partial charge on any atom is -0.323 e. The molecule has 3 aliphatic rings. The Hall–Kier alpha value is -1.99. The van der Waals surface area contributed by atoms with Crippen molar-refractivity contribution in [1.82, 2.24) is 20.1 Å². The zero-order valence-electron chi connectivity index (χ0n) is 16.9. The lowest BCUT2D eigenvalue weighted by Gasteiger charge is -2.37. The number of hydrogen-bond donors (Lipinski definition) is 1. The highest BCUT2D eigenvalue weighted by Gasteiger charge is 2.52. The summed E-state index contributed by atoms with van der Waals surface area (Å²) in [5.74, 6) is 0.605. The summed E-state index contributed by atoms with van der Waals surface area (Å²) in [5.41, 5.74) is 0.369. The van der Waals surface area contributed by atoms with Crippen LogP contribution in [0.25, 0.3) is 10.2 Å². The first-order valence-corrected chi connectivity index (χ1v) is 11.6. The average Bonchev–Trinajstić information content (AvgIpc) is 3.26. The first kappa shape index (κ1) is 19.0. The molecule has 2 aromatic rings. The zero-order valence-corrected chi connectivity index (χ0v) is 17.7. The molecule has 7 heteroatoms. The second-order valence-electron chi connectivity index (χ2n) is 8.91. The van der Waals surface area contributed by atoms with E-state index in [1.165, 1.54) is 9.60 Å². The highest BCUT2D eigenvalue weighted by atomic mass is 32.1. The van der Waals surface area contributed by atoms with Gasteiger partial charge in [-0.05, 0) is 56.6 Å². The van der Waals surface area contributed by atoms with Crippen LogP contribution < -0.4 is 5.32 Å². The number of fused-ring (bicyclic) bond motifs is 1. The molecular weight excluding hydrogens is 384 g/mol. The SMILES string of the molecule is CC1CCC2(CC1)NC(=O)N(CN1CCCC[C@@H]1c1nc3ccccc3s1)C2=O. The lowest BCUT2D eigenvalue weighted by molar-refractivity contribution is -0.134. The Balaban J connectivity index is 1.36. The Kier molecular flexibility index (Phi) is 4.82. The summed E-state index contributed by atoms with van der Waals surface area (Å²) in [7, 11) is 0. The van der Waals surface area contributed by atoms with E-state index in [0.717, 1.165) is 62.0 Å². The van der Waals surface area contributed by atoms with Crippen LogP contribution in [0.1, 0.15) is 62.9 Å². The van der Waals surface area contributed by atoms with Crippen molar-refractivity contribution in [3.05, 3.63) is 29.3 Å². The van der Waals surface area contributed by atoms with Crippen molar-refractivity contribution in [1.29, 1.82) is 0 Å². The highest BCUT2D eigenvalue weighted by molar-refractivity contribution is 7.18. The number of imide groups is 1. The largest absolute Gasteiger partial charge is 0.326 e. The number of rotatable bonds is 3. The summed E-state index contributed by atoms with van der Waals surface area (Å²) in [6.45, 7) is 3.48. The molecular formula is C22H28N4O2S. The number of nitrogens with one attached hydrogen (secondary N) is 1. The Labute approximate surface area is 175 Å². The molecule has 0 unspecified atom stereocenters. The number of aromatic nitrogens is 1. The number of urea groups is 1. The normalized spacial score (nSPS) is 31.0. The van der Waals surface area contributed by atoms with E-state index in [0.29, 0.717) is 12.6 Å². The van der Waals surface area contributed by atoms with Gasteiger partial charge in [0, 0.05) is 6.54 Å². The summed E-state index contributed by atoms with van der Waals surface area (Å²) in [4.78, 5) is 34.6. The average molecular weight is 413 g/mol. The number of amides is 3. The maximum absolute atomic E-state index is 13.3. The third-order valence-electron chi connectivity index (χ3n) is 6.91. The molecule has 1 aliphatic carbocycles. The summed E-state index contributed by atoms with van der Waals surface area (Å²) >= 11 is 1.73. The Morgan fingerprint density at radius 3 is 2.76 bits per heavy atom. The van der Waals surface area contributed by atoms with Gasteiger partial charge in [0.1, 0.15) is 10.5 Å². The van der Waals surface area contributed by atoms with E-state index in [4.69, 9.17) is 4.98 Å². The van der Waals surface area contributed by atoms with Crippen LogP contribution in [-0.2, 0) is 4.79 Å². The Morgan fingerprint density at radius 1 is 1.17 bits per heavy atom. The van der Waals surface area contributed by atoms with E-state index in [1.807, 2.05) is 18.2 Å². The minimum atomic E-state index is -0.662. The van der Waals surface area contributed by atoms with Crippen LogP contribution in [0, 0.1) is 5.92 Å². The van der Waals surface area contributed by atoms with E-state index in [9.17, 15) is 9.59 Å². The summed E-state index contributed by atoms with van der Waals surface area (Å²) < 4.78 is 1.19. The van der Waals surface area contributed by atoms with Crippen molar-refractivity contribution < 1.29 is 9.59 Å². The van der Waals surface area contributed by atoms with Crippen molar-refractivity contribution in [2.75, 3.05) is 13.2 Å². The lowest BCUT2D eigenvalue weighted by atomic mass is 9.77. The fourth-order valence-corrected chi connectivity index (χ4v) is 6.19. The van der Waals surface area contributed by atoms with Gasteiger partial charge < -0.3 is 5.32 Å². The Morgan fingerprint density at radius 2 is 1.97 bits per heavy atom. The van der Waals surface area contributed by atoms with Crippen molar-refractivity contribution in [2.45, 2.75) is 63.5 Å². The topological polar surface area (TPSA) is 65.5 Å². The third-order valence-corrected chi connectivity index (χ3v) is 8.04. The lowest BCUT2D eigenvalue weighted by Crippen LogP contribution is -2.50. The first-order chi connectivity index (χ1) is 14.1. The van der Waals surface area contributed by atoms with Gasteiger partial charge in [0.15, 0.2) is 0 Å². The third kappa shape index (κ3) is 3.34. The number of likely N-dealkylation sites (tertiary alicyclic amines) is 1. The van der Waals surface area contributed by atoms with Crippen LogP contribution in [0.3, 0.4) is 0 Å². The fourth-order valence-electron chi connectivity index (χ4n) is 5.05. The predicted molar refractivity (Wildman–Crippen MR) is 114 cm³/mol. The number of piperidine rings is 1. The molecule has 0 radical (unpaired) electrons. The summed E-state index contributed by atoms with van der Waals surface area (Å²) in [6, 6.07) is 8.16. The van der Waals surface area contributed by atoms with Crippen LogP contribution in [-0.4, -0.2) is 45.5 Å². The van der Waals surface area contributed by atoms with Crippen molar-refractivity contribution in [3.8, 4) is 0 Å². The monoisotopic (exact) mass is 412 g/mol. The number of thiazole rings is 1. The van der Waals surface area contributed by atoms with Gasteiger partial charge in [-0.25, -0.2) is 14.7 Å². The van der Waals surface area contributed by atoms with Crippen molar-refractivity contribution >= 4 is 33.5 Å². The number of para-hydroxylation sites is 1. The van der Waals surface area contributed by atoms with Crippen molar-refractivity contribution in [3.63, 3.8) is 0 Å². The van der Waals surface area contributed by atoms with Gasteiger partial charge in [-0.2, -0.15) is 0 Å². The Bertz CT molecular complexity index is 901. The number of carbonyl (C=O) groups is 2. The number of carbonyl (C=O) groups excluding carboxylic acids is 2. The fraction of sp³-hybridized carbons (Fsp3) is 0.591. The van der Waals surface area contributed by atoms with Crippen molar-refractivity contribution in [2.24, 2.45) is 5.92 Å². The van der Waals surface area contributed by atoms with Gasteiger partial charge in [-0.15, -0.1) is 11.3 Å². The van der Waals surface area contributed by atoms with E-state index < -0.39 is 5.54 Å². The molecule has 5 rings (SSSR count). The molecule has 2 aliphatic heterocycles. The van der Waals surface area contributed by atoms with Gasteiger partial charge in [0.05, 0.1) is 22.9 Å². The number of benzene rings is 1. The molecule has 154 valence electrons. The van der Waals surface area contributed by atoms with E-state index in [1.54, 1.807) is 11.3 Å². The van der Waals surface area contributed by atoms with Gasteiger partial charge in [0.25, 0.3) is 5.91 Å². The van der Waals surface area contributed by atoms with E-state index in [2.05, 4.69) is 23.2 Å². The maximum atomic E-state index is 13.3. The molecule has 1 aromatic carbocycles. The standard InChI is InChI=1S/C22H28N4O2S/c1-15-9-11-22(12-10-15)20(27)26(21(28)24-22)14-25-13-5-4-7-17(25)19-23-16-6-2-3-8-18(16)29-19/h2-3,6,8,15,17H,4-5,7,9-14H2,1H3,(H,24,28)/t15?,17-,22?/m1/s1. The van der Waals surface area contributed by atoms with Crippen LogP contribution in [0.5, 0.6) is 0 Å². The predicted octanol–water partition coefficient (Wildman–Crippen LogP) is 4.28. The van der Waals surface area contributed by atoms with Crippen LogP contribution >= 0.6 is 11.3 Å². The van der Waals surface area contributed by atoms with Gasteiger partial charge >= 0.3 is 6.03 Å². The second kappa shape index (κ2) is 7.36. The van der Waals surface area contributed by atoms with Crippen LogP contribution in [0.15, 0.2) is 24.3 Å². The molecule has 1 aromatic heterocycles. The molecule has 3 heterocycles. The molecule has 6 nitrogen and oxygen atoms in total. The van der Waals surface area contributed by atoms with Crippen LogP contribution in [0.4, 0.5) is 4.79 Å². The molecule has 3 amide bonds. The molecule has 3 fully saturated rings. The van der Waals surface area contributed by atoms with Gasteiger partial charge in [-0.3, -0.25) is 9.69 Å². The maximum Gasteiger partial charge on any atom is 0.326 e. The number of nitrogens with zero attached hydrogens (tertiary/aromatic N) is 3.